The summed E-state index contributed by atoms with van der Waals surface area (Å²) in [6.45, 7) is 3.12. The van der Waals surface area contributed by atoms with Crippen LogP contribution in [0.5, 0.6) is 0 Å². The minimum atomic E-state index is -0.419. The summed E-state index contributed by atoms with van der Waals surface area (Å²) >= 11 is 0. The number of aromatic nitrogens is 1. The lowest BCUT2D eigenvalue weighted by Gasteiger charge is -2.35. The molecule has 17 heavy (non-hydrogen) atoms. The lowest BCUT2D eigenvalue weighted by atomic mass is 9.80. The van der Waals surface area contributed by atoms with Crippen LogP contribution in [-0.2, 0) is 17.2 Å². The number of hydrogen-bond acceptors (Lipinski definition) is 2. The van der Waals surface area contributed by atoms with Crippen molar-refractivity contribution >= 4 is 10.9 Å². The summed E-state index contributed by atoms with van der Waals surface area (Å²) < 4.78 is 7.36. The van der Waals surface area contributed by atoms with Crippen molar-refractivity contribution < 1.29 is 4.74 Å². The van der Waals surface area contributed by atoms with Crippen LogP contribution >= 0.6 is 0 Å². The van der Waals surface area contributed by atoms with Gasteiger partial charge < -0.3 is 9.30 Å². The van der Waals surface area contributed by atoms with Gasteiger partial charge >= 0.3 is 0 Å². The first-order valence-electron chi connectivity index (χ1n) is 5.72. The highest BCUT2D eigenvalue weighted by atomic mass is 16.5. The van der Waals surface area contributed by atoms with E-state index in [-0.39, 0.29) is 0 Å². The number of ether oxygens (including phenoxy) is 1. The standard InChI is InChI=1S/C14H14N2O/c1-10-5-11-6-12(3-4-13(11)16(10)2)14(7-15)8-17-9-14/h3-6H,8-9H2,1-2H3. The molecule has 0 unspecified atom stereocenters. The Hall–Kier alpha value is -1.79. The second-order valence-corrected chi connectivity index (χ2v) is 4.81. The van der Waals surface area contributed by atoms with Gasteiger partial charge in [0.25, 0.3) is 0 Å². The number of nitriles is 1. The highest BCUT2D eigenvalue weighted by molar-refractivity contribution is 5.82. The van der Waals surface area contributed by atoms with E-state index in [2.05, 4.69) is 42.8 Å². The van der Waals surface area contributed by atoms with E-state index in [9.17, 15) is 5.26 Å². The van der Waals surface area contributed by atoms with Gasteiger partial charge in [-0.2, -0.15) is 5.26 Å². The summed E-state index contributed by atoms with van der Waals surface area (Å²) in [5, 5.41) is 10.5. The Morgan fingerprint density at radius 3 is 2.71 bits per heavy atom. The predicted octanol–water partition coefficient (Wildman–Crippen LogP) is 2.28. The Kier molecular flexibility index (Phi) is 2.04. The van der Waals surface area contributed by atoms with Gasteiger partial charge in [-0.3, -0.25) is 0 Å². The number of rotatable bonds is 1. The smallest absolute Gasteiger partial charge is 0.129 e. The molecular formula is C14H14N2O. The largest absolute Gasteiger partial charge is 0.377 e. The van der Waals surface area contributed by atoms with Crippen molar-refractivity contribution in [1.29, 1.82) is 5.26 Å². The molecular weight excluding hydrogens is 212 g/mol. The van der Waals surface area contributed by atoms with E-state index in [4.69, 9.17) is 4.74 Å². The highest BCUT2D eigenvalue weighted by Gasteiger charge is 2.40. The number of nitrogens with zero attached hydrogens (tertiary/aromatic N) is 2. The van der Waals surface area contributed by atoms with Crippen LogP contribution in [0.4, 0.5) is 0 Å². The molecule has 2 heterocycles. The third-order valence-electron chi connectivity index (χ3n) is 3.75. The molecule has 0 radical (unpaired) electrons. The Balaban J connectivity index is 2.18. The number of fused-ring (bicyclic) bond motifs is 1. The van der Waals surface area contributed by atoms with Crippen LogP contribution in [0.15, 0.2) is 24.3 Å². The number of aryl methyl sites for hydroxylation is 2. The van der Waals surface area contributed by atoms with Crippen LogP contribution in [0.2, 0.25) is 0 Å². The first kappa shape index (κ1) is 10.4. The summed E-state index contributed by atoms with van der Waals surface area (Å²) in [5.41, 5.74) is 3.09. The van der Waals surface area contributed by atoms with E-state index in [1.54, 1.807) is 0 Å². The maximum absolute atomic E-state index is 9.29. The zero-order valence-electron chi connectivity index (χ0n) is 10.0. The molecule has 1 aromatic heterocycles. The maximum atomic E-state index is 9.29. The molecule has 3 rings (SSSR count). The van der Waals surface area contributed by atoms with Gasteiger partial charge in [-0.25, -0.2) is 0 Å². The first-order chi connectivity index (χ1) is 8.16. The van der Waals surface area contributed by atoms with Crippen LogP contribution in [0.3, 0.4) is 0 Å². The quantitative estimate of drug-likeness (QED) is 0.748. The molecule has 1 fully saturated rings. The average molecular weight is 226 g/mol. The number of benzene rings is 1. The molecule has 3 heteroatoms. The molecule has 86 valence electrons. The van der Waals surface area contributed by atoms with Crippen LogP contribution in [0.1, 0.15) is 11.3 Å². The molecule has 1 aromatic carbocycles. The van der Waals surface area contributed by atoms with Gasteiger partial charge in [0, 0.05) is 23.6 Å². The zero-order valence-corrected chi connectivity index (χ0v) is 10.0. The molecule has 0 atom stereocenters. The normalized spacial score (nSPS) is 17.7. The molecule has 0 amide bonds. The monoisotopic (exact) mass is 226 g/mol. The van der Waals surface area contributed by atoms with E-state index in [1.165, 1.54) is 16.6 Å². The Morgan fingerprint density at radius 2 is 2.12 bits per heavy atom. The fourth-order valence-electron chi connectivity index (χ4n) is 2.39. The van der Waals surface area contributed by atoms with E-state index in [0.717, 1.165) is 5.56 Å². The van der Waals surface area contributed by atoms with Crippen LogP contribution in [0.25, 0.3) is 10.9 Å². The van der Waals surface area contributed by atoms with E-state index < -0.39 is 5.41 Å². The van der Waals surface area contributed by atoms with Gasteiger partial charge in [-0.05, 0) is 30.7 Å². The van der Waals surface area contributed by atoms with Crippen molar-refractivity contribution in [1.82, 2.24) is 4.57 Å². The summed E-state index contributed by atoms with van der Waals surface area (Å²) in [6, 6.07) is 10.8. The second kappa shape index (κ2) is 3.35. The Morgan fingerprint density at radius 1 is 1.35 bits per heavy atom. The van der Waals surface area contributed by atoms with Gasteiger partial charge in [0.15, 0.2) is 0 Å². The van der Waals surface area contributed by atoms with Crippen molar-refractivity contribution in [2.45, 2.75) is 12.3 Å². The molecule has 0 bridgehead atoms. The average Bonchev–Trinajstić information content (AvgIpc) is 2.54. The van der Waals surface area contributed by atoms with Gasteiger partial charge in [0.05, 0.1) is 19.3 Å². The fraction of sp³-hybridized carbons (Fsp3) is 0.357. The molecule has 1 saturated heterocycles. The molecule has 1 aliphatic rings. The van der Waals surface area contributed by atoms with E-state index in [0.29, 0.717) is 13.2 Å². The molecule has 0 spiro atoms. The van der Waals surface area contributed by atoms with Crippen molar-refractivity contribution in [3.8, 4) is 6.07 Å². The van der Waals surface area contributed by atoms with Crippen molar-refractivity contribution in [2.75, 3.05) is 13.2 Å². The third kappa shape index (κ3) is 1.31. The topological polar surface area (TPSA) is 37.9 Å². The molecule has 0 saturated carbocycles. The van der Waals surface area contributed by atoms with Crippen LogP contribution in [-0.4, -0.2) is 17.8 Å². The Bertz CT molecular complexity index is 629. The summed E-state index contributed by atoms with van der Waals surface area (Å²) in [5.74, 6) is 0. The zero-order chi connectivity index (χ0) is 12.0. The molecule has 2 aromatic rings. The van der Waals surface area contributed by atoms with Crippen LogP contribution < -0.4 is 0 Å². The van der Waals surface area contributed by atoms with Gasteiger partial charge in [-0.1, -0.05) is 6.07 Å². The first-order valence-corrected chi connectivity index (χ1v) is 5.72. The second-order valence-electron chi connectivity index (χ2n) is 4.81. The predicted molar refractivity (Wildman–Crippen MR) is 65.8 cm³/mol. The lowest BCUT2D eigenvalue weighted by Crippen LogP contribution is -2.45. The Labute approximate surface area is 100 Å². The maximum Gasteiger partial charge on any atom is 0.129 e. The molecule has 3 nitrogen and oxygen atoms in total. The lowest BCUT2D eigenvalue weighted by molar-refractivity contribution is -0.0297. The molecule has 0 N–H and O–H groups in total. The van der Waals surface area contributed by atoms with Crippen molar-refractivity contribution in [3.05, 3.63) is 35.5 Å². The van der Waals surface area contributed by atoms with Gasteiger partial charge in [-0.15, -0.1) is 0 Å². The number of hydrogen-bond donors (Lipinski definition) is 0. The SMILES string of the molecule is Cc1cc2cc(C3(C#N)COC3)ccc2n1C. The van der Waals surface area contributed by atoms with E-state index in [1.807, 2.05) is 6.07 Å². The van der Waals surface area contributed by atoms with Crippen molar-refractivity contribution in [2.24, 2.45) is 7.05 Å². The third-order valence-corrected chi connectivity index (χ3v) is 3.75. The highest BCUT2D eigenvalue weighted by Crippen LogP contribution is 2.33. The van der Waals surface area contributed by atoms with Gasteiger partial charge in [0.2, 0.25) is 0 Å². The summed E-state index contributed by atoms with van der Waals surface area (Å²) in [4.78, 5) is 0. The fourth-order valence-corrected chi connectivity index (χ4v) is 2.39. The molecule has 1 aliphatic heterocycles. The van der Waals surface area contributed by atoms with Gasteiger partial charge in [0.1, 0.15) is 5.41 Å². The minimum Gasteiger partial charge on any atom is -0.377 e. The minimum absolute atomic E-state index is 0.419. The van der Waals surface area contributed by atoms with Crippen molar-refractivity contribution in [3.63, 3.8) is 0 Å². The summed E-state index contributed by atoms with van der Waals surface area (Å²) in [7, 11) is 2.06. The van der Waals surface area contributed by atoms with Crippen LogP contribution in [0, 0.1) is 18.3 Å². The van der Waals surface area contributed by atoms with E-state index >= 15 is 0 Å². The summed E-state index contributed by atoms with van der Waals surface area (Å²) in [6.07, 6.45) is 0. The molecule has 0 aliphatic carbocycles.